The van der Waals surface area contributed by atoms with Crippen LogP contribution in [0.3, 0.4) is 0 Å². The van der Waals surface area contributed by atoms with E-state index in [1.165, 1.54) is 6.42 Å². The van der Waals surface area contributed by atoms with E-state index in [1.807, 2.05) is 17.0 Å². The first kappa shape index (κ1) is 24.0. The van der Waals surface area contributed by atoms with Gasteiger partial charge in [0.25, 0.3) is 5.91 Å². The molecule has 1 aliphatic heterocycles. The molecule has 4 rings (SSSR count). The van der Waals surface area contributed by atoms with Crippen molar-refractivity contribution >= 4 is 34.5 Å². The summed E-state index contributed by atoms with van der Waals surface area (Å²) in [5, 5.41) is 4.11. The van der Waals surface area contributed by atoms with Gasteiger partial charge in [-0.15, -0.1) is 11.8 Å². The van der Waals surface area contributed by atoms with E-state index in [-0.39, 0.29) is 11.8 Å². The molecule has 0 saturated carbocycles. The number of likely N-dealkylation sites (tertiary alicyclic amines) is 1. The number of methoxy groups -OCH3 is 2. The van der Waals surface area contributed by atoms with Crippen LogP contribution in [0.2, 0.25) is 0 Å². The summed E-state index contributed by atoms with van der Waals surface area (Å²) in [6, 6.07) is 13.3. The highest BCUT2D eigenvalue weighted by Crippen LogP contribution is 2.30. The van der Waals surface area contributed by atoms with E-state index in [0.717, 1.165) is 41.7 Å². The fourth-order valence-corrected chi connectivity index (χ4v) is 5.25. The van der Waals surface area contributed by atoms with Crippen molar-refractivity contribution in [2.24, 2.45) is 0 Å². The number of thioether (sulfide) groups is 1. The summed E-state index contributed by atoms with van der Waals surface area (Å²) >= 11 is 1.59. The van der Waals surface area contributed by atoms with Crippen molar-refractivity contribution in [3.63, 3.8) is 0 Å². The lowest BCUT2D eigenvalue weighted by Gasteiger charge is -2.26. The Bertz CT molecular complexity index is 1150. The molecule has 0 radical (unpaired) electrons. The molecule has 1 aliphatic rings. The zero-order valence-electron chi connectivity index (χ0n) is 19.7. The Hall–Kier alpha value is -3.13. The number of hydrogen-bond acceptors (Lipinski definition) is 5. The highest BCUT2D eigenvalue weighted by atomic mass is 32.2. The highest BCUT2D eigenvalue weighted by molar-refractivity contribution is 8.00. The van der Waals surface area contributed by atoms with Crippen molar-refractivity contribution in [2.45, 2.75) is 30.7 Å². The van der Waals surface area contributed by atoms with Gasteiger partial charge in [-0.3, -0.25) is 9.59 Å². The lowest BCUT2D eigenvalue weighted by atomic mass is 10.1. The standard InChI is InChI=1S/C26H31N3O4S/c1-32-22-11-10-19(16-23(22)33-2)26(31)27-12-15-29-17-24(20-8-4-5-9-21(20)29)34-18-25(30)28-13-6-3-7-14-28/h4-5,8-11,16-17H,3,6-7,12-15,18H2,1-2H3,(H,27,31). The maximum Gasteiger partial charge on any atom is 0.251 e. The van der Waals surface area contributed by atoms with Crippen molar-refractivity contribution in [3.05, 3.63) is 54.2 Å². The largest absolute Gasteiger partial charge is 0.493 e. The number of rotatable bonds is 9. The minimum Gasteiger partial charge on any atom is -0.493 e. The molecule has 2 aromatic carbocycles. The predicted molar refractivity (Wildman–Crippen MR) is 135 cm³/mol. The van der Waals surface area contributed by atoms with E-state index in [2.05, 4.69) is 28.2 Å². The highest BCUT2D eigenvalue weighted by Gasteiger charge is 2.18. The molecule has 0 atom stereocenters. The molecule has 0 bridgehead atoms. The summed E-state index contributed by atoms with van der Waals surface area (Å²) in [5.41, 5.74) is 1.61. The van der Waals surface area contributed by atoms with Gasteiger partial charge in [0.1, 0.15) is 0 Å². The lowest BCUT2D eigenvalue weighted by molar-refractivity contribution is -0.129. The normalized spacial score (nSPS) is 13.6. The molecule has 8 heteroatoms. The predicted octanol–water partition coefficient (Wildman–Crippen LogP) is 4.19. The third-order valence-electron chi connectivity index (χ3n) is 6.10. The van der Waals surface area contributed by atoms with Gasteiger partial charge in [0.05, 0.1) is 20.0 Å². The number of nitrogens with one attached hydrogen (secondary N) is 1. The third kappa shape index (κ3) is 5.50. The van der Waals surface area contributed by atoms with Gasteiger partial charge in [0.2, 0.25) is 5.91 Å². The molecule has 1 fully saturated rings. The summed E-state index contributed by atoms with van der Waals surface area (Å²) in [5.74, 6) is 1.60. The molecule has 1 N–H and O–H groups in total. The number of fused-ring (bicyclic) bond motifs is 1. The molecule has 7 nitrogen and oxygen atoms in total. The van der Waals surface area contributed by atoms with Crippen molar-refractivity contribution in [2.75, 3.05) is 39.6 Å². The molecule has 3 aromatic rings. The maximum atomic E-state index is 12.6. The minimum atomic E-state index is -0.167. The van der Waals surface area contributed by atoms with Gasteiger partial charge in [-0.05, 0) is 43.5 Å². The SMILES string of the molecule is COc1ccc(C(=O)NCCn2cc(SCC(=O)N3CCCCC3)c3ccccc32)cc1OC. The van der Waals surface area contributed by atoms with Gasteiger partial charge in [-0.25, -0.2) is 0 Å². The fraction of sp³-hybridized carbons (Fsp3) is 0.385. The molecule has 180 valence electrons. The summed E-state index contributed by atoms with van der Waals surface area (Å²) in [6.07, 6.45) is 5.50. The van der Waals surface area contributed by atoms with E-state index >= 15 is 0 Å². The van der Waals surface area contributed by atoms with E-state index in [1.54, 1.807) is 44.2 Å². The van der Waals surface area contributed by atoms with Crippen molar-refractivity contribution in [1.82, 2.24) is 14.8 Å². The molecule has 0 unspecified atom stereocenters. The molecular weight excluding hydrogens is 450 g/mol. The Labute approximate surface area is 204 Å². The number of para-hydroxylation sites is 1. The summed E-state index contributed by atoms with van der Waals surface area (Å²) in [4.78, 5) is 28.3. The molecule has 1 saturated heterocycles. The number of nitrogens with zero attached hydrogens (tertiary/aromatic N) is 2. The Morgan fingerprint density at radius 2 is 1.76 bits per heavy atom. The van der Waals surface area contributed by atoms with Crippen LogP contribution in [0.25, 0.3) is 10.9 Å². The van der Waals surface area contributed by atoms with Crippen LogP contribution in [-0.4, -0.2) is 60.9 Å². The molecule has 0 aliphatic carbocycles. The fourth-order valence-electron chi connectivity index (χ4n) is 4.26. The first-order chi connectivity index (χ1) is 16.6. The van der Waals surface area contributed by atoms with Gasteiger partial charge in [-0.1, -0.05) is 18.2 Å². The maximum absolute atomic E-state index is 12.6. The van der Waals surface area contributed by atoms with Gasteiger partial charge in [0.15, 0.2) is 11.5 Å². The molecule has 1 aromatic heterocycles. The second kappa shape index (κ2) is 11.3. The average molecular weight is 482 g/mol. The van der Waals surface area contributed by atoms with Gasteiger partial charge < -0.3 is 24.3 Å². The number of piperidine rings is 1. The molecule has 2 amide bonds. The van der Waals surface area contributed by atoms with Gasteiger partial charge in [0, 0.05) is 53.7 Å². The van der Waals surface area contributed by atoms with Crippen LogP contribution in [0.15, 0.2) is 53.6 Å². The molecule has 0 spiro atoms. The number of amides is 2. The summed E-state index contributed by atoms with van der Waals surface area (Å²) in [7, 11) is 3.11. The quantitative estimate of drug-likeness (QED) is 0.464. The molecular formula is C26H31N3O4S. The number of ether oxygens (including phenoxy) is 2. The number of aromatic nitrogens is 1. The van der Waals surface area contributed by atoms with Crippen LogP contribution in [0.5, 0.6) is 11.5 Å². The van der Waals surface area contributed by atoms with Crippen molar-refractivity contribution in [3.8, 4) is 11.5 Å². The van der Waals surface area contributed by atoms with E-state index in [9.17, 15) is 9.59 Å². The Kier molecular flexibility index (Phi) is 8.00. The van der Waals surface area contributed by atoms with Crippen LogP contribution in [0.1, 0.15) is 29.6 Å². The molecule has 2 heterocycles. The Balaban J connectivity index is 1.38. The van der Waals surface area contributed by atoms with E-state index in [4.69, 9.17) is 9.47 Å². The summed E-state index contributed by atoms with van der Waals surface area (Å²) < 4.78 is 12.7. The Morgan fingerprint density at radius 1 is 1.00 bits per heavy atom. The zero-order chi connectivity index (χ0) is 23.9. The van der Waals surface area contributed by atoms with Crippen LogP contribution in [0, 0.1) is 0 Å². The van der Waals surface area contributed by atoms with Crippen LogP contribution in [-0.2, 0) is 11.3 Å². The number of carbonyl (C=O) groups is 2. The van der Waals surface area contributed by atoms with Gasteiger partial charge >= 0.3 is 0 Å². The van der Waals surface area contributed by atoms with Crippen LogP contribution < -0.4 is 14.8 Å². The van der Waals surface area contributed by atoms with Gasteiger partial charge in [-0.2, -0.15) is 0 Å². The topological polar surface area (TPSA) is 72.8 Å². The minimum absolute atomic E-state index is 0.167. The Morgan fingerprint density at radius 3 is 2.53 bits per heavy atom. The lowest BCUT2D eigenvalue weighted by Crippen LogP contribution is -2.36. The molecule has 34 heavy (non-hydrogen) atoms. The smallest absolute Gasteiger partial charge is 0.251 e. The second-order valence-corrected chi connectivity index (χ2v) is 9.28. The number of benzene rings is 2. The monoisotopic (exact) mass is 481 g/mol. The van der Waals surface area contributed by atoms with Crippen molar-refractivity contribution in [1.29, 1.82) is 0 Å². The van der Waals surface area contributed by atoms with Crippen LogP contribution >= 0.6 is 11.8 Å². The first-order valence-electron chi connectivity index (χ1n) is 11.6. The van der Waals surface area contributed by atoms with Crippen LogP contribution in [0.4, 0.5) is 0 Å². The third-order valence-corrected chi connectivity index (χ3v) is 7.12. The number of carbonyl (C=O) groups excluding carboxylic acids is 2. The second-order valence-electron chi connectivity index (χ2n) is 8.26. The first-order valence-corrected chi connectivity index (χ1v) is 12.6. The number of hydrogen-bond donors (Lipinski definition) is 1. The van der Waals surface area contributed by atoms with E-state index in [0.29, 0.717) is 35.9 Å². The zero-order valence-corrected chi connectivity index (χ0v) is 20.5. The van der Waals surface area contributed by atoms with E-state index < -0.39 is 0 Å². The summed E-state index contributed by atoms with van der Waals surface area (Å²) in [6.45, 7) is 2.85. The average Bonchev–Trinajstić information content (AvgIpc) is 3.24. The van der Waals surface area contributed by atoms with Crippen molar-refractivity contribution < 1.29 is 19.1 Å².